The molecule has 1 aromatic heterocycles. The van der Waals surface area contributed by atoms with Gasteiger partial charge < -0.3 is 10.1 Å². The first-order valence-corrected chi connectivity index (χ1v) is 7.06. The van der Waals surface area contributed by atoms with Crippen LogP contribution >= 0.6 is 11.8 Å². The van der Waals surface area contributed by atoms with Crippen LogP contribution in [0.2, 0.25) is 0 Å². The van der Waals surface area contributed by atoms with Gasteiger partial charge in [-0.2, -0.15) is 17.0 Å². The average Bonchev–Trinajstić information content (AvgIpc) is 2.79. The Morgan fingerprint density at radius 2 is 2.22 bits per heavy atom. The van der Waals surface area contributed by atoms with Crippen molar-refractivity contribution in [1.82, 2.24) is 4.98 Å². The van der Waals surface area contributed by atoms with Crippen LogP contribution in [0.1, 0.15) is 25.1 Å². The highest BCUT2D eigenvalue weighted by atomic mass is 32.2. The average molecular weight is 260 g/mol. The molecule has 0 aliphatic rings. The van der Waals surface area contributed by atoms with E-state index in [-0.39, 0.29) is 0 Å². The van der Waals surface area contributed by atoms with Gasteiger partial charge in [-0.15, -0.1) is 0 Å². The summed E-state index contributed by atoms with van der Waals surface area (Å²) in [5.74, 6) is 1.64. The van der Waals surface area contributed by atoms with Crippen LogP contribution in [0.25, 0.3) is 10.9 Å². The summed E-state index contributed by atoms with van der Waals surface area (Å²) in [4.78, 5) is 3.22. The van der Waals surface area contributed by atoms with E-state index in [1.165, 1.54) is 0 Å². The molecule has 2 rings (SSSR count). The third kappa shape index (κ3) is 2.53. The summed E-state index contributed by atoms with van der Waals surface area (Å²) in [5.41, 5.74) is 1.52. The van der Waals surface area contributed by atoms with Gasteiger partial charge in [-0.3, -0.25) is 0 Å². The van der Waals surface area contributed by atoms with Crippen LogP contribution in [0, 0.1) is 11.3 Å². The molecule has 0 spiro atoms. The third-order valence-corrected chi connectivity index (χ3v) is 4.09. The normalized spacial score (nSPS) is 14.3. The summed E-state index contributed by atoms with van der Waals surface area (Å²) < 4.78 is 0. The molecule has 0 amide bonds. The first-order chi connectivity index (χ1) is 8.56. The van der Waals surface area contributed by atoms with Crippen molar-refractivity contribution < 1.29 is 5.11 Å². The third-order valence-electron chi connectivity index (χ3n) is 2.92. The van der Waals surface area contributed by atoms with Crippen LogP contribution in [-0.2, 0) is 5.60 Å². The molecule has 0 aliphatic heterocycles. The Morgan fingerprint density at radius 3 is 2.89 bits per heavy atom. The smallest absolute Gasteiger partial charge is 0.110 e. The van der Waals surface area contributed by atoms with Crippen LogP contribution in [0.3, 0.4) is 0 Å². The quantitative estimate of drug-likeness (QED) is 0.888. The minimum Gasteiger partial charge on any atom is -0.383 e. The van der Waals surface area contributed by atoms with Crippen LogP contribution < -0.4 is 0 Å². The molecular formula is C14H16N2OS. The molecule has 1 unspecified atom stereocenters. The Morgan fingerprint density at radius 1 is 1.44 bits per heavy atom. The second-order valence-electron chi connectivity index (χ2n) is 4.51. The molecule has 2 aromatic rings. The van der Waals surface area contributed by atoms with Crippen molar-refractivity contribution in [2.45, 2.75) is 19.4 Å². The zero-order valence-corrected chi connectivity index (χ0v) is 11.3. The lowest BCUT2D eigenvalue weighted by Gasteiger charge is -2.21. The SMILES string of the molecule is CCSCC(C)(O)c1cc2cc(C#N)ccc2[nH]1. The highest BCUT2D eigenvalue weighted by molar-refractivity contribution is 7.99. The Balaban J connectivity index is 2.38. The maximum Gasteiger partial charge on any atom is 0.110 e. The number of rotatable bonds is 4. The number of H-pyrrole nitrogens is 1. The first kappa shape index (κ1) is 13.0. The highest BCUT2D eigenvalue weighted by Crippen LogP contribution is 2.28. The fraction of sp³-hybridized carbons (Fsp3) is 0.357. The van der Waals surface area contributed by atoms with E-state index in [1.807, 2.05) is 25.1 Å². The second-order valence-corrected chi connectivity index (χ2v) is 5.78. The van der Waals surface area contributed by atoms with Gasteiger partial charge in [-0.1, -0.05) is 6.92 Å². The monoisotopic (exact) mass is 260 g/mol. The number of fused-ring (bicyclic) bond motifs is 1. The number of nitriles is 1. The van der Waals surface area contributed by atoms with E-state index in [4.69, 9.17) is 5.26 Å². The number of nitrogens with zero attached hydrogens (tertiary/aromatic N) is 1. The van der Waals surface area contributed by atoms with Gasteiger partial charge in [-0.05, 0) is 36.9 Å². The molecule has 4 heteroatoms. The number of aromatic nitrogens is 1. The molecule has 18 heavy (non-hydrogen) atoms. The predicted molar refractivity (Wildman–Crippen MR) is 75.6 cm³/mol. The number of aromatic amines is 1. The highest BCUT2D eigenvalue weighted by Gasteiger charge is 2.24. The van der Waals surface area contributed by atoms with E-state index >= 15 is 0 Å². The van der Waals surface area contributed by atoms with Crippen LogP contribution in [-0.4, -0.2) is 21.6 Å². The summed E-state index contributed by atoms with van der Waals surface area (Å²) >= 11 is 1.71. The van der Waals surface area contributed by atoms with Crippen LogP contribution in [0.4, 0.5) is 0 Å². The molecule has 3 nitrogen and oxygen atoms in total. The Labute approximate surface area is 111 Å². The minimum atomic E-state index is -0.869. The number of nitrogens with one attached hydrogen (secondary N) is 1. The lowest BCUT2D eigenvalue weighted by Crippen LogP contribution is -2.24. The van der Waals surface area contributed by atoms with Crippen molar-refractivity contribution >= 4 is 22.7 Å². The topological polar surface area (TPSA) is 59.8 Å². The van der Waals surface area contributed by atoms with Gasteiger partial charge >= 0.3 is 0 Å². The van der Waals surface area contributed by atoms with Crippen molar-refractivity contribution in [1.29, 1.82) is 5.26 Å². The number of benzene rings is 1. The standard InChI is InChI=1S/C14H16N2OS/c1-3-18-9-14(2,17)13-7-11-6-10(8-15)4-5-12(11)16-13/h4-7,16-17H,3,9H2,1-2H3. The number of thioether (sulfide) groups is 1. The fourth-order valence-electron chi connectivity index (χ4n) is 1.87. The van der Waals surface area contributed by atoms with Crippen molar-refractivity contribution in [3.05, 3.63) is 35.5 Å². The summed E-state index contributed by atoms with van der Waals surface area (Å²) in [7, 11) is 0. The molecule has 0 aliphatic carbocycles. The maximum atomic E-state index is 10.4. The summed E-state index contributed by atoms with van der Waals surface area (Å²) in [6.07, 6.45) is 0. The van der Waals surface area contributed by atoms with Crippen molar-refractivity contribution in [2.75, 3.05) is 11.5 Å². The zero-order valence-electron chi connectivity index (χ0n) is 10.5. The predicted octanol–water partition coefficient (Wildman–Crippen LogP) is 3.00. The maximum absolute atomic E-state index is 10.4. The summed E-state index contributed by atoms with van der Waals surface area (Å²) in [6, 6.07) is 9.53. The lowest BCUT2D eigenvalue weighted by atomic mass is 10.1. The Kier molecular flexibility index (Phi) is 3.65. The zero-order chi connectivity index (χ0) is 13.2. The summed E-state index contributed by atoms with van der Waals surface area (Å²) in [6.45, 7) is 3.89. The fourth-order valence-corrected chi connectivity index (χ4v) is 2.63. The van der Waals surface area contributed by atoms with Gasteiger partial charge in [0.15, 0.2) is 0 Å². The number of hydrogen-bond acceptors (Lipinski definition) is 3. The molecule has 1 aromatic carbocycles. The molecule has 2 N–H and O–H groups in total. The molecule has 1 atom stereocenters. The van der Waals surface area contributed by atoms with E-state index < -0.39 is 5.60 Å². The van der Waals surface area contributed by atoms with Gasteiger partial charge in [0.1, 0.15) is 5.60 Å². The molecular weight excluding hydrogens is 244 g/mol. The van der Waals surface area contributed by atoms with Crippen molar-refractivity contribution in [3.8, 4) is 6.07 Å². The van der Waals surface area contributed by atoms with E-state index in [1.54, 1.807) is 17.8 Å². The van der Waals surface area contributed by atoms with E-state index in [9.17, 15) is 5.11 Å². The Hall–Kier alpha value is -1.44. The molecule has 0 bridgehead atoms. The lowest BCUT2D eigenvalue weighted by molar-refractivity contribution is 0.0800. The van der Waals surface area contributed by atoms with Crippen LogP contribution in [0.15, 0.2) is 24.3 Å². The van der Waals surface area contributed by atoms with Crippen molar-refractivity contribution in [2.24, 2.45) is 0 Å². The van der Waals surface area contributed by atoms with Crippen LogP contribution in [0.5, 0.6) is 0 Å². The summed E-state index contributed by atoms with van der Waals surface area (Å²) in [5, 5.41) is 20.3. The largest absolute Gasteiger partial charge is 0.383 e. The van der Waals surface area contributed by atoms with Gasteiger partial charge in [-0.25, -0.2) is 0 Å². The number of hydrogen-bond donors (Lipinski definition) is 2. The number of aliphatic hydroxyl groups is 1. The molecule has 1 heterocycles. The van der Waals surface area contributed by atoms with Gasteiger partial charge in [0, 0.05) is 22.3 Å². The van der Waals surface area contributed by atoms with E-state index in [2.05, 4.69) is 18.0 Å². The molecule has 0 saturated heterocycles. The van der Waals surface area contributed by atoms with E-state index in [0.717, 1.165) is 22.3 Å². The molecule has 94 valence electrons. The van der Waals surface area contributed by atoms with Gasteiger partial charge in [0.2, 0.25) is 0 Å². The minimum absolute atomic E-state index is 0.635. The van der Waals surface area contributed by atoms with E-state index in [0.29, 0.717) is 11.3 Å². The molecule has 0 fully saturated rings. The Bertz CT molecular complexity index is 595. The first-order valence-electron chi connectivity index (χ1n) is 5.90. The van der Waals surface area contributed by atoms with Gasteiger partial charge in [0.25, 0.3) is 0 Å². The second kappa shape index (κ2) is 5.05. The van der Waals surface area contributed by atoms with Crippen molar-refractivity contribution in [3.63, 3.8) is 0 Å². The molecule has 0 saturated carbocycles. The molecule has 0 radical (unpaired) electrons. The van der Waals surface area contributed by atoms with Gasteiger partial charge in [0.05, 0.1) is 11.6 Å².